The van der Waals surface area contributed by atoms with E-state index in [-0.39, 0.29) is 0 Å². The van der Waals surface area contributed by atoms with Crippen molar-refractivity contribution in [1.29, 1.82) is 0 Å². The van der Waals surface area contributed by atoms with Gasteiger partial charge in [-0.2, -0.15) is 0 Å². The van der Waals surface area contributed by atoms with Crippen LogP contribution in [0.4, 0.5) is 0 Å². The Labute approximate surface area is 77.7 Å². The largest absolute Gasteiger partial charge is 0.0649 e. The zero-order chi connectivity index (χ0) is 9.24. The van der Waals surface area contributed by atoms with Crippen molar-refractivity contribution in [2.24, 2.45) is 10.8 Å². The lowest BCUT2D eigenvalue weighted by Gasteiger charge is -2.46. The van der Waals surface area contributed by atoms with Gasteiger partial charge in [0, 0.05) is 0 Å². The van der Waals surface area contributed by atoms with E-state index in [2.05, 4.69) is 27.7 Å². The Kier molecular flexibility index (Phi) is 2.85. The molecule has 0 radical (unpaired) electrons. The van der Waals surface area contributed by atoms with Crippen LogP contribution in [0.2, 0.25) is 0 Å². The second kappa shape index (κ2) is 3.40. The molecule has 1 rings (SSSR count). The lowest BCUT2D eigenvalue weighted by Crippen LogP contribution is -2.36. The van der Waals surface area contributed by atoms with Gasteiger partial charge in [-0.15, -0.1) is 0 Å². The standard InChI is InChI=1S/C12H24/c1-5-11(2,3)12(4)9-7-6-8-10-12/h5-10H2,1-4H3. The Morgan fingerprint density at radius 2 is 1.58 bits per heavy atom. The van der Waals surface area contributed by atoms with Gasteiger partial charge in [0.2, 0.25) is 0 Å². The van der Waals surface area contributed by atoms with E-state index in [0.717, 1.165) is 0 Å². The molecule has 0 heterocycles. The van der Waals surface area contributed by atoms with Crippen LogP contribution >= 0.6 is 0 Å². The highest BCUT2D eigenvalue weighted by Gasteiger charge is 2.39. The molecule has 0 atom stereocenters. The highest BCUT2D eigenvalue weighted by atomic mass is 14.4. The minimum atomic E-state index is 0.549. The molecular formula is C12H24. The van der Waals surface area contributed by atoms with Gasteiger partial charge in [-0.3, -0.25) is 0 Å². The molecule has 0 amide bonds. The van der Waals surface area contributed by atoms with Gasteiger partial charge in [0.1, 0.15) is 0 Å². The molecule has 0 aromatic carbocycles. The summed E-state index contributed by atoms with van der Waals surface area (Å²) in [6.45, 7) is 9.71. The van der Waals surface area contributed by atoms with E-state index >= 15 is 0 Å². The first-order chi connectivity index (χ1) is 5.52. The first kappa shape index (κ1) is 10.1. The minimum Gasteiger partial charge on any atom is -0.0649 e. The second-order valence-corrected chi connectivity index (χ2v) is 5.36. The van der Waals surface area contributed by atoms with Crippen molar-refractivity contribution < 1.29 is 0 Å². The number of hydrogen-bond acceptors (Lipinski definition) is 0. The number of hydrogen-bond donors (Lipinski definition) is 0. The van der Waals surface area contributed by atoms with Gasteiger partial charge in [0.15, 0.2) is 0 Å². The van der Waals surface area contributed by atoms with E-state index in [1.807, 2.05) is 0 Å². The Balaban J connectivity index is 2.68. The molecule has 1 fully saturated rings. The van der Waals surface area contributed by atoms with E-state index in [1.54, 1.807) is 0 Å². The van der Waals surface area contributed by atoms with E-state index in [0.29, 0.717) is 10.8 Å². The molecular weight excluding hydrogens is 144 g/mol. The molecule has 72 valence electrons. The fourth-order valence-corrected chi connectivity index (χ4v) is 2.44. The Morgan fingerprint density at radius 1 is 1.08 bits per heavy atom. The van der Waals surface area contributed by atoms with Crippen LogP contribution in [0.5, 0.6) is 0 Å². The summed E-state index contributed by atoms with van der Waals surface area (Å²) in [6.07, 6.45) is 8.61. The van der Waals surface area contributed by atoms with Crippen LogP contribution < -0.4 is 0 Å². The average molecular weight is 168 g/mol. The third kappa shape index (κ3) is 1.67. The van der Waals surface area contributed by atoms with Gasteiger partial charge in [-0.25, -0.2) is 0 Å². The Hall–Kier alpha value is 0. The smallest absolute Gasteiger partial charge is 0.0275 e. The molecule has 0 nitrogen and oxygen atoms in total. The molecule has 0 aromatic rings. The summed E-state index contributed by atoms with van der Waals surface area (Å²) >= 11 is 0. The summed E-state index contributed by atoms with van der Waals surface area (Å²) in [6, 6.07) is 0. The fourth-order valence-electron chi connectivity index (χ4n) is 2.44. The molecule has 0 unspecified atom stereocenters. The Morgan fingerprint density at radius 3 is 2.00 bits per heavy atom. The summed E-state index contributed by atoms with van der Waals surface area (Å²) in [5.74, 6) is 0. The minimum absolute atomic E-state index is 0.549. The van der Waals surface area contributed by atoms with Crippen molar-refractivity contribution in [2.45, 2.75) is 66.2 Å². The SMILES string of the molecule is CCC(C)(C)C1(C)CCCCC1. The van der Waals surface area contributed by atoms with Crippen LogP contribution in [-0.4, -0.2) is 0 Å². The van der Waals surface area contributed by atoms with Crippen molar-refractivity contribution in [3.8, 4) is 0 Å². The van der Waals surface area contributed by atoms with Gasteiger partial charge < -0.3 is 0 Å². The third-order valence-corrected chi connectivity index (χ3v) is 4.47. The lowest BCUT2D eigenvalue weighted by molar-refractivity contribution is 0.0405. The maximum Gasteiger partial charge on any atom is -0.0275 e. The van der Waals surface area contributed by atoms with Gasteiger partial charge in [0.05, 0.1) is 0 Å². The maximum absolute atomic E-state index is 2.50. The molecule has 1 aliphatic carbocycles. The normalized spacial score (nSPS) is 24.0. The molecule has 0 aromatic heterocycles. The van der Waals surface area contributed by atoms with Crippen LogP contribution in [0.25, 0.3) is 0 Å². The molecule has 0 N–H and O–H groups in total. The van der Waals surface area contributed by atoms with E-state index in [4.69, 9.17) is 0 Å². The van der Waals surface area contributed by atoms with Gasteiger partial charge in [-0.1, -0.05) is 53.4 Å². The molecule has 0 saturated heterocycles. The first-order valence-electron chi connectivity index (χ1n) is 5.52. The lowest BCUT2D eigenvalue weighted by atomic mass is 9.59. The highest BCUT2D eigenvalue weighted by Crippen LogP contribution is 2.50. The topological polar surface area (TPSA) is 0 Å². The molecule has 0 aliphatic heterocycles. The van der Waals surface area contributed by atoms with E-state index in [1.165, 1.54) is 38.5 Å². The van der Waals surface area contributed by atoms with Crippen molar-refractivity contribution >= 4 is 0 Å². The van der Waals surface area contributed by atoms with E-state index < -0.39 is 0 Å². The Bertz CT molecular complexity index is 138. The van der Waals surface area contributed by atoms with Crippen LogP contribution in [0, 0.1) is 10.8 Å². The van der Waals surface area contributed by atoms with Crippen LogP contribution in [0.3, 0.4) is 0 Å². The molecule has 0 spiro atoms. The van der Waals surface area contributed by atoms with Crippen molar-refractivity contribution in [3.05, 3.63) is 0 Å². The highest BCUT2D eigenvalue weighted by molar-refractivity contribution is 4.90. The first-order valence-corrected chi connectivity index (χ1v) is 5.52. The predicted molar refractivity (Wildman–Crippen MR) is 55.3 cm³/mol. The predicted octanol–water partition coefficient (Wildman–Crippen LogP) is 4.39. The van der Waals surface area contributed by atoms with E-state index in [9.17, 15) is 0 Å². The van der Waals surface area contributed by atoms with Crippen LogP contribution in [0.15, 0.2) is 0 Å². The molecule has 0 heteroatoms. The zero-order valence-electron chi connectivity index (χ0n) is 9.24. The summed E-state index contributed by atoms with van der Waals surface area (Å²) in [7, 11) is 0. The van der Waals surface area contributed by atoms with Crippen LogP contribution in [-0.2, 0) is 0 Å². The third-order valence-electron chi connectivity index (χ3n) is 4.47. The molecule has 0 bridgehead atoms. The number of rotatable bonds is 2. The molecule has 1 saturated carbocycles. The second-order valence-electron chi connectivity index (χ2n) is 5.36. The van der Waals surface area contributed by atoms with Crippen molar-refractivity contribution in [1.82, 2.24) is 0 Å². The summed E-state index contributed by atoms with van der Waals surface area (Å²) < 4.78 is 0. The fraction of sp³-hybridized carbons (Fsp3) is 1.00. The van der Waals surface area contributed by atoms with Crippen LogP contribution in [0.1, 0.15) is 66.2 Å². The van der Waals surface area contributed by atoms with Crippen molar-refractivity contribution in [2.75, 3.05) is 0 Å². The van der Waals surface area contributed by atoms with Gasteiger partial charge >= 0.3 is 0 Å². The molecule has 12 heavy (non-hydrogen) atoms. The van der Waals surface area contributed by atoms with Gasteiger partial charge in [-0.05, 0) is 23.7 Å². The zero-order valence-corrected chi connectivity index (χ0v) is 9.24. The average Bonchev–Trinajstić information content (AvgIpc) is 2.06. The maximum atomic E-state index is 2.50. The van der Waals surface area contributed by atoms with Crippen molar-refractivity contribution in [3.63, 3.8) is 0 Å². The van der Waals surface area contributed by atoms with Gasteiger partial charge in [0.25, 0.3) is 0 Å². The quantitative estimate of drug-likeness (QED) is 0.573. The monoisotopic (exact) mass is 168 g/mol. The summed E-state index contributed by atoms with van der Waals surface area (Å²) in [5.41, 5.74) is 1.17. The summed E-state index contributed by atoms with van der Waals surface area (Å²) in [5, 5.41) is 0. The molecule has 1 aliphatic rings. The summed E-state index contributed by atoms with van der Waals surface area (Å²) in [4.78, 5) is 0.